The molecule has 1 saturated carbocycles. The van der Waals surface area contributed by atoms with Crippen molar-refractivity contribution in [2.75, 3.05) is 39.6 Å². The molecule has 3 aliphatic heterocycles. The van der Waals surface area contributed by atoms with Crippen LogP contribution in [-0.4, -0.2) is 146 Å². The summed E-state index contributed by atoms with van der Waals surface area (Å²) in [6.45, 7) is 10.9. The third-order valence-corrected chi connectivity index (χ3v) is 15.6. The molecular weight excluding hydrogens is 1210 g/mol. The predicted molar refractivity (Wildman–Crippen MR) is 323 cm³/mol. The van der Waals surface area contributed by atoms with Crippen LogP contribution in [0.25, 0.3) is 34.2 Å². The van der Waals surface area contributed by atoms with Crippen LogP contribution in [0.15, 0.2) is 86.4 Å². The van der Waals surface area contributed by atoms with Crippen molar-refractivity contribution in [3.63, 3.8) is 0 Å². The van der Waals surface area contributed by atoms with E-state index in [2.05, 4.69) is 87.3 Å². The van der Waals surface area contributed by atoms with E-state index in [0.29, 0.717) is 108 Å². The third-order valence-electron chi connectivity index (χ3n) is 15.6. The van der Waals surface area contributed by atoms with E-state index < -0.39 is 6.67 Å². The van der Waals surface area contributed by atoms with Crippen LogP contribution in [-0.2, 0) is 40.7 Å². The quantitative estimate of drug-likeness (QED) is 0.0645. The molecular formula is C63H68FN17O12. The topological polar surface area (TPSA) is 363 Å². The molecule has 29 nitrogen and oxygen atoms in total. The van der Waals surface area contributed by atoms with Gasteiger partial charge in [-0.25, -0.2) is 4.39 Å². The maximum absolute atomic E-state index is 13.3. The second kappa shape index (κ2) is 31.3. The van der Waals surface area contributed by atoms with Crippen molar-refractivity contribution in [2.24, 2.45) is 5.92 Å². The van der Waals surface area contributed by atoms with Gasteiger partial charge in [0, 0.05) is 82.3 Å². The fraction of sp³-hybridized carbons (Fsp3) is 0.429. The van der Waals surface area contributed by atoms with Gasteiger partial charge in [0.25, 0.3) is 11.8 Å². The summed E-state index contributed by atoms with van der Waals surface area (Å²) in [7, 11) is 0. The number of nitrogens with zero attached hydrogens (tertiary/aromatic N) is 15. The molecule has 0 atom stereocenters. The lowest BCUT2D eigenvalue weighted by Crippen LogP contribution is -2.39. The number of amides is 2. The number of ether oxygens (including phenoxy) is 6. The maximum atomic E-state index is 13.3. The van der Waals surface area contributed by atoms with Gasteiger partial charge in [0.2, 0.25) is 17.6 Å². The van der Waals surface area contributed by atoms with Gasteiger partial charge in [-0.3, -0.25) is 14.4 Å². The van der Waals surface area contributed by atoms with Crippen LogP contribution >= 0.6 is 0 Å². The molecule has 4 fully saturated rings. The summed E-state index contributed by atoms with van der Waals surface area (Å²) < 4.78 is 62.5. The zero-order valence-electron chi connectivity index (χ0n) is 51.7. The Balaban J connectivity index is 0.000000143. The van der Waals surface area contributed by atoms with Crippen LogP contribution in [0.4, 0.5) is 4.39 Å². The minimum Gasteiger partial charge on any atom is -0.472 e. The van der Waals surface area contributed by atoms with Crippen molar-refractivity contribution in [3.8, 4) is 51.8 Å². The number of nitrogens with one attached hydrogen (secondary N) is 2. The van der Waals surface area contributed by atoms with E-state index in [1.54, 1.807) is 43.3 Å². The number of hydrogen-bond acceptors (Lipinski definition) is 27. The first kappa shape index (κ1) is 64.5. The van der Waals surface area contributed by atoms with Gasteiger partial charge in [0.1, 0.15) is 71.2 Å². The monoisotopic (exact) mass is 1270 g/mol. The lowest BCUT2D eigenvalue weighted by atomic mass is 9.93. The summed E-state index contributed by atoms with van der Waals surface area (Å²) in [5.74, 6) is 2.47. The number of alkyl halides is 1. The number of halogens is 1. The SMILES string of the molecule is Cc1ccc(-c2noc(C)c2COc2ccc(C(=O)NC3CCOCC3)nn2)nn1.Cc1ccc(-c2noc(C3CC3)c2COc2ccc(C(=O)CC3CCOCC3)nn2)nn1.Cc1ccc(-c2noc(CF)c2COc2ccc(C(=O)NC3CCOCC3)nn2)nn1. The van der Waals surface area contributed by atoms with Gasteiger partial charge in [0.05, 0.1) is 33.8 Å². The Morgan fingerprint density at radius 2 is 0.871 bits per heavy atom. The first-order valence-electron chi connectivity index (χ1n) is 30.6. The van der Waals surface area contributed by atoms with E-state index >= 15 is 0 Å². The number of aromatic nitrogens is 15. The number of rotatable bonds is 21. The Hall–Kier alpha value is -10.1. The molecule has 484 valence electrons. The minimum atomic E-state index is -0.845. The molecule has 1 aliphatic carbocycles. The summed E-state index contributed by atoms with van der Waals surface area (Å²) in [5.41, 5.74) is 8.42. The second-order valence-corrected chi connectivity index (χ2v) is 22.5. The average Bonchev–Trinajstić information content (AvgIpc) is 1.70. The molecule has 13 rings (SSSR count). The first-order valence-corrected chi connectivity index (χ1v) is 30.6. The molecule has 30 heteroatoms. The van der Waals surface area contributed by atoms with E-state index in [1.165, 1.54) is 12.1 Å². The van der Waals surface area contributed by atoms with Gasteiger partial charge < -0.3 is 52.6 Å². The Labute approximate surface area is 532 Å². The molecule has 0 radical (unpaired) electrons. The van der Waals surface area contributed by atoms with Gasteiger partial charge in [-0.2, -0.15) is 15.3 Å². The molecule has 0 spiro atoms. The number of carbonyl (C=O) groups excluding carboxylic acids is 3. The van der Waals surface area contributed by atoms with E-state index in [-0.39, 0.29) is 72.5 Å². The minimum absolute atomic E-state index is 0.00577. The number of aryl methyl sites for hydroxylation is 4. The first-order chi connectivity index (χ1) is 45.4. The zero-order valence-corrected chi connectivity index (χ0v) is 51.7. The Bertz CT molecular complexity index is 3890. The summed E-state index contributed by atoms with van der Waals surface area (Å²) in [4.78, 5) is 37.1. The average molecular weight is 1270 g/mol. The fourth-order valence-electron chi connectivity index (χ4n) is 10.0. The summed E-state index contributed by atoms with van der Waals surface area (Å²) in [6.07, 6.45) is 7.58. The van der Waals surface area contributed by atoms with E-state index in [0.717, 1.165) is 98.5 Å². The van der Waals surface area contributed by atoms with E-state index in [4.69, 9.17) is 42.0 Å². The number of carbonyl (C=O) groups is 3. The predicted octanol–water partition coefficient (Wildman–Crippen LogP) is 7.90. The van der Waals surface area contributed by atoms with Crippen LogP contribution in [0.3, 0.4) is 0 Å². The molecule has 2 N–H and O–H groups in total. The third kappa shape index (κ3) is 17.5. The van der Waals surface area contributed by atoms with Gasteiger partial charge in [0.15, 0.2) is 29.6 Å². The van der Waals surface area contributed by atoms with Crippen molar-refractivity contribution in [1.29, 1.82) is 0 Å². The highest BCUT2D eigenvalue weighted by molar-refractivity contribution is 5.94. The highest BCUT2D eigenvalue weighted by Crippen LogP contribution is 2.44. The highest BCUT2D eigenvalue weighted by Gasteiger charge is 2.34. The number of Topliss-reactive ketones (excluding diaryl/α,β-unsaturated/α-hetero) is 1. The molecule has 3 saturated heterocycles. The molecule has 2 amide bonds. The van der Waals surface area contributed by atoms with Crippen LogP contribution in [0.1, 0.15) is 146 Å². The molecule has 4 aliphatic rings. The Morgan fingerprint density at radius 3 is 1.31 bits per heavy atom. The van der Waals surface area contributed by atoms with Crippen molar-refractivity contribution in [2.45, 2.75) is 130 Å². The smallest absolute Gasteiger partial charge is 0.272 e. The van der Waals surface area contributed by atoms with Gasteiger partial charge in [-0.1, -0.05) is 15.5 Å². The van der Waals surface area contributed by atoms with Crippen LogP contribution < -0.4 is 24.8 Å². The maximum Gasteiger partial charge on any atom is 0.272 e. The second-order valence-electron chi connectivity index (χ2n) is 22.5. The highest BCUT2D eigenvalue weighted by atomic mass is 19.1. The van der Waals surface area contributed by atoms with Crippen molar-refractivity contribution in [1.82, 2.24) is 87.3 Å². The molecule has 12 heterocycles. The fourth-order valence-corrected chi connectivity index (χ4v) is 10.0. The van der Waals surface area contributed by atoms with Crippen molar-refractivity contribution in [3.05, 3.63) is 141 Å². The number of hydrogen-bond donors (Lipinski definition) is 2. The lowest BCUT2D eigenvalue weighted by Gasteiger charge is -2.22. The molecule has 0 unspecified atom stereocenters. The van der Waals surface area contributed by atoms with Gasteiger partial charge >= 0.3 is 0 Å². The Morgan fingerprint density at radius 1 is 0.452 bits per heavy atom. The van der Waals surface area contributed by atoms with Gasteiger partial charge in [-0.05, 0) is 140 Å². The largest absolute Gasteiger partial charge is 0.472 e. The Kier molecular flexibility index (Phi) is 21.7. The summed E-state index contributed by atoms with van der Waals surface area (Å²) in [5, 5.41) is 66.7. The molecule has 0 bridgehead atoms. The van der Waals surface area contributed by atoms with Crippen LogP contribution in [0.5, 0.6) is 17.6 Å². The zero-order chi connectivity index (χ0) is 64.5. The van der Waals surface area contributed by atoms with Gasteiger partial charge in [-0.15, -0.1) is 45.9 Å². The summed E-state index contributed by atoms with van der Waals surface area (Å²) in [6, 6.07) is 20.7. The van der Waals surface area contributed by atoms with Crippen LogP contribution in [0.2, 0.25) is 0 Å². The van der Waals surface area contributed by atoms with E-state index in [9.17, 15) is 18.8 Å². The lowest BCUT2D eigenvalue weighted by molar-refractivity contribution is 0.0598. The molecule has 9 aromatic heterocycles. The van der Waals surface area contributed by atoms with E-state index in [1.807, 2.05) is 45.0 Å². The van der Waals surface area contributed by atoms with Crippen molar-refractivity contribution >= 4 is 17.6 Å². The molecule has 0 aromatic carbocycles. The molecule has 93 heavy (non-hydrogen) atoms. The molecule has 9 aromatic rings. The standard InChI is InChI=1S/C23H25N5O4.C20H21FN6O4.C20H22N6O4/c1-14-2-5-19(26-24-14)22-17(23(32-28-22)16-3-4-16)13-31-21-7-6-18(25-27-21)20(29)12-15-8-10-30-11-9-15;1-12-2-3-15(24-23-12)19-14(17(10-21)31-27-19)11-30-18-5-4-16(25-26-18)20(28)22-13-6-8-29-9-7-13;1-12-3-4-16(23-22-12)19-15(13(2)30-26-19)11-29-18-6-5-17(24-25-18)20(27)21-14-7-9-28-10-8-14/h2,5-7,15-16H,3-4,8-13H2,1H3;2-5,13H,6-11H2,1H3,(H,22,28);3-6,14H,7-11H2,1-2H3,(H,21,27). The van der Waals surface area contributed by atoms with Crippen molar-refractivity contribution < 1.29 is 60.8 Å². The number of ketones is 1. The normalized spacial score (nSPS) is 15.2. The summed E-state index contributed by atoms with van der Waals surface area (Å²) >= 11 is 0. The van der Waals surface area contributed by atoms with Crippen LogP contribution in [0, 0.1) is 33.6 Å².